The van der Waals surface area contributed by atoms with Gasteiger partial charge in [0.2, 0.25) is 5.91 Å². The highest BCUT2D eigenvalue weighted by atomic mass is 16.6. The molecule has 0 saturated carbocycles. The molecule has 0 spiro atoms. The number of carbonyl (C=O) groups excluding carboxylic acids is 2. The van der Waals surface area contributed by atoms with Crippen LogP contribution in [0, 0.1) is 5.92 Å². The van der Waals surface area contributed by atoms with Crippen molar-refractivity contribution in [3.05, 3.63) is 48.6 Å². The summed E-state index contributed by atoms with van der Waals surface area (Å²) in [6.45, 7) is 8.44. The molecule has 6 heteroatoms. The molecule has 0 N–H and O–H groups in total. The molecule has 1 aromatic rings. The van der Waals surface area contributed by atoms with Crippen molar-refractivity contribution in [1.29, 1.82) is 0 Å². The topological polar surface area (TPSA) is 59.1 Å². The van der Waals surface area contributed by atoms with E-state index in [1.807, 2.05) is 30.3 Å². The number of carbonyl (C=O) groups is 2. The van der Waals surface area contributed by atoms with Crippen molar-refractivity contribution in [3.8, 4) is 0 Å². The smallest absolute Gasteiger partial charge is 0.416 e. The van der Waals surface area contributed by atoms with Crippen molar-refractivity contribution < 1.29 is 19.1 Å². The maximum atomic E-state index is 13.2. The van der Waals surface area contributed by atoms with Crippen molar-refractivity contribution in [1.82, 2.24) is 9.80 Å². The number of morpholine rings is 1. The maximum Gasteiger partial charge on any atom is 0.416 e. The van der Waals surface area contributed by atoms with Crippen LogP contribution >= 0.6 is 0 Å². The third-order valence-corrected chi connectivity index (χ3v) is 5.44. The average molecular weight is 386 g/mol. The third-order valence-electron chi connectivity index (χ3n) is 5.44. The van der Waals surface area contributed by atoms with Crippen LogP contribution < -0.4 is 0 Å². The monoisotopic (exact) mass is 386 g/mol. The van der Waals surface area contributed by atoms with Gasteiger partial charge in [-0.05, 0) is 37.8 Å². The van der Waals surface area contributed by atoms with Crippen LogP contribution in [0.25, 0.3) is 0 Å². The van der Waals surface area contributed by atoms with Gasteiger partial charge in [-0.3, -0.25) is 9.69 Å². The average Bonchev–Trinajstić information content (AvgIpc) is 3.08. The highest BCUT2D eigenvalue weighted by Gasteiger charge is 2.40. The molecule has 152 valence electrons. The van der Waals surface area contributed by atoms with Gasteiger partial charge in [0.1, 0.15) is 6.61 Å². The van der Waals surface area contributed by atoms with E-state index in [1.165, 1.54) is 4.90 Å². The van der Waals surface area contributed by atoms with E-state index in [9.17, 15) is 9.59 Å². The molecule has 6 nitrogen and oxygen atoms in total. The molecule has 3 rings (SSSR count). The molecule has 2 aliphatic heterocycles. The quantitative estimate of drug-likeness (QED) is 0.611. The standard InChI is InChI=1S/C22H30N2O4/c1-2-7-19(10-6-11-23-12-14-27-15-13-23)21(25)24-20(17-28-22(24)26)16-18-8-4-3-5-9-18/h2-5,8-9,19-20H,1,6-7,10-17H2/t19-,20-/m0/s1. The Morgan fingerprint density at radius 3 is 2.71 bits per heavy atom. The Bertz CT molecular complexity index is 658. The van der Waals surface area contributed by atoms with Gasteiger partial charge in [-0.1, -0.05) is 36.4 Å². The lowest BCUT2D eigenvalue weighted by Crippen LogP contribution is -2.43. The first kappa shape index (κ1) is 20.6. The molecule has 0 radical (unpaired) electrons. The minimum Gasteiger partial charge on any atom is -0.447 e. The van der Waals surface area contributed by atoms with Crippen molar-refractivity contribution >= 4 is 12.0 Å². The molecule has 0 aliphatic carbocycles. The van der Waals surface area contributed by atoms with Crippen LogP contribution in [0.15, 0.2) is 43.0 Å². The number of hydrogen-bond donors (Lipinski definition) is 0. The minimum atomic E-state index is -0.520. The molecule has 2 atom stereocenters. The number of nitrogens with zero attached hydrogens (tertiary/aromatic N) is 2. The number of cyclic esters (lactones) is 1. The number of allylic oxidation sites excluding steroid dienone is 1. The van der Waals surface area contributed by atoms with Crippen molar-refractivity contribution in [3.63, 3.8) is 0 Å². The number of hydrogen-bond acceptors (Lipinski definition) is 5. The second-order valence-electron chi connectivity index (χ2n) is 7.45. The first-order valence-corrected chi connectivity index (χ1v) is 10.1. The lowest BCUT2D eigenvalue weighted by atomic mass is 9.96. The van der Waals surface area contributed by atoms with Gasteiger partial charge in [0.25, 0.3) is 0 Å². The number of ether oxygens (including phenoxy) is 2. The Morgan fingerprint density at radius 2 is 2.00 bits per heavy atom. The summed E-state index contributed by atoms with van der Waals surface area (Å²) in [6.07, 6.45) is 4.09. The molecule has 2 amide bonds. The van der Waals surface area contributed by atoms with E-state index in [2.05, 4.69) is 11.5 Å². The Morgan fingerprint density at radius 1 is 1.25 bits per heavy atom. The summed E-state index contributed by atoms with van der Waals surface area (Å²) in [5, 5.41) is 0. The van der Waals surface area contributed by atoms with E-state index in [4.69, 9.17) is 9.47 Å². The predicted octanol–water partition coefficient (Wildman–Crippen LogP) is 2.88. The van der Waals surface area contributed by atoms with Gasteiger partial charge in [-0.2, -0.15) is 0 Å². The predicted molar refractivity (Wildman–Crippen MR) is 107 cm³/mol. The molecule has 0 bridgehead atoms. The number of rotatable bonds is 9. The molecule has 2 fully saturated rings. The Labute approximate surface area is 167 Å². The van der Waals surface area contributed by atoms with Crippen LogP contribution in [0.1, 0.15) is 24.8 Å². The normalized spacial score (nSPS) is 21.4. The summed E-state index contributed by atoms with van der Waals surface area (Å²) in [4.78, 5) is 29.2. The van der Waals surface area contributed by atoms with E-state index < -0.39 is 6.09 Å². The third kappa shape index (κ3) is 5.42. The SMILES string of the molecule is C=CC[C@@H](CCCN1CCOCC1)C(=O)N1C(=O)OC[C@@H]1Cc1ccccc1. The first-order chi connectivity index (χ1) is 13.7. The Kier molecular flexibility index (Phi) is 7.62. The van der Waals surface area contributed by atoms with Crippen molar-refractivity contribution in [2.24, 2.45) is 5.92 Å². The summed E-state index contributed by atoms with van der Waals surface area (Å²) in [5.74, 6) is -0.368. The second-order valence-corrected chi connectivity index (χ2v) is 7.45. The van der Waals surface area contributed by atoms with Crippen molar-refractivity contribution in [2.75, 3.05) is 39.5 Å². The van der Waals surface area contributed by atoms with Crippen LogP contribution in [0.4, 0.5) is 4.79 Å². The minimum absolute atomic E-state index is 0.134. The van der Waals surface area contributed by atoms with Gasteiger partial charge in [-0.15, -0.1) is 6.58 Å². The highest BCUT2D eigenvalue weighted by Crippen LogP contribution is 2.24. The zero-order valence-corrected chi connectivity index (χ0v) is 16.4. The fourth-order valence-corrected chi connectivity index (χ4v) is 3.89. The lowest BCUT2D eigenvalue weighted by Gasteiger charge is -2.28. The number of imide groups is 1. The van der Waals surface area contributed by atoms with Gasteiger partial charge >= 0.3 is 6.09 Å². The van der Waals surface area contributed by atoms with E-state index in [-0.39, 0.29) is 24.5 Å². The largest absolute Gasteiger partial charge is 0.447 e. The van der Waals surface area contributed by atoms with Gasteiger partial charge in [0, 0.05) is 19.0 Å². The van der Waals surface area contributed by atoms with Crippen LogP contribution in [0.2, 0.25) is 0 Å². The lowest BCUT2D eigenvalue weighted by molar-refractivity contribution is -0.133. The number of amides is 2. The van der Waals surface area contributed by atoms with Crippen LogP contribution in [-0.4, -0.2) is 67.3 Å². The molecule has 1 aromatic carbocycles. The van der Waals surface area contributed by atoms with E-state index in [0.29, 0.717) is 12.8 Å². The zero-order valence-electron chi connectivity index (χ0n) is 16.4. The molecule has 0 aromatic heterocycles. The van der Waals surface area contributed by atoms with Crippen LogP contribution in [0.3, 0.4) is 0 Å². The summed E-state index contributed by atoms with van der Waals surface area (Å²) >= 11 is 0. The fourth-order valence-electron chi connectivity index (χ4n) is 3.89. The van der Waals surface area contributed by atoms with Crippen LogP contribution in [-0.2, 0) is 20.7 Å². The summed E-state index contributed by atoms with van der Waals surface area (Å²) in [5.41, 5.74) is 1.09. The Hall–Kier alpha value is -2.18. The number of benzene rings is 1. The van der Waals surface area contributed by atoms with Gasteiger partial charge < -0.3 is 9.47 Å². The summed E-state index contributed by atoms with van der Waals surface area (Å²) in [7, 11) is 0. The van der Waals surface area contributed by atoms with E-state index >= 15 is 0 Å². The van der Waals surface area contributed by atoms with Gasteiger partial charge in [0.05, 0.1) is 19.3 Å². The molecular formula is C22H30N2O4. The molecule has 28 heavy (non-hydrogen) atoms. The highest BCUT2D eigenvalue weighted by molar-refractivity contribution is 5.94. The van der Waals surface area contributed by atoms with E-state index in [1.54, 1.807) is 6.08 Å². The summed E-state index contributed by atoms with van der Waals surface area (Å²) in [6, 6.07) is 9.66. The van der Waals surface area contributed by atoms with Gasteiger partial charge in [-0.25, -0.2) is 9.69 Å². The molecule has 2 saturated heterocycles. The molecular weight excluding hydrogens is 356 g/mol. The fraction of sp³-hybridized carbons (Fsp3) is 0.545. The zero-order chi connectivity index (χ0) is 19.8. The molecule has 0 unspecified atom stereocenters. The second kappa shape index (κ2) is 10.4. The first-order valence-electron chi connectivity index (χ1n) is 10.1. The summed E-state index contributed by atoms with van der Waals surface area (Å²) < 4.78 is 10.6. The molecule has 2 aliphatic rings. The Balaban J connectivity index is 1.59. The van der Waals surface area contributed by atoms with Crippen molar-refractivity contribution in [2.45, 2.75) is 31.7 Å². The molecule has 2 heterocycles. The maximum absolute atomic E-state index is 13.2. The van der Waals surface area contributed by atoms with Gasteiger partial charge in [0.15, 0.2) is 0 Å². The van der Waals surface area contributed by atoms with E-state index in [0.717, 1.165) is 51.3 Å². The van der Waals surface area contributed by atoms with Crippen LogP contribution in [0.5, 0.6) is 0 Å².